The molecule has 0 amide bonds. The molecule has 0 aliphatic carbocycles. The maximum absolute atomic E-state index is 6.17. The normalized spacial score (nSPS) is 11.0. The molecule has 2 aromatic rings. The zero-order chi connectivity index (χ0) is 18.9. The lowest BCUT2D eigenvalue weighted by Gasteiger charge is -2.18. The van der Waals surface area contributed by atoms with Gasteiger partial charge >= 0.3 is 0 Å². The summed E-state index contributed by atoms with van der Waals surface area (Å²) < 4.78 is 12.7. The van der Waals surface area contributed by atoms with E-state index in [9.17, 15) is 0 Å². The van der Waals surface area contributed by atoms with Gasteiger partial charge in [-0.15, -0.1) is 0 Å². The average molecular weight is 421 g/mol. The standard InChI is InChI=1S/C21H29BrN2O2/c1-16-7-5-8-17(13-16)15-26-21-18(14-23-11-6-12-24(2)3)19(22)9-10-20(21)25-4/h5,7-10,13,23H,6,11-12,14-15H2,1-4H3. The Morgan fingerprint density at radius 2 is 1.96 bits per heavy atom. The molecule has 0 aliphatic rings. The van der Waals surface area contributed by atoms with Crippen molar-refractivity contribution in [3.63, 3.8) is 0 Å². The second-order valence-electron chi connectivity index (χ2n) is 6.67. The molecular formula is C21H29BrN2O2. The molecule has 26 heavy (non-hydrogen) atoms. The van der Waals surface area contributed by atoms with Gasteiger partial charge < -0.3 is 19.7 Å². The molecule has 0 heterocycles. The summed E-state index contributed by atoms with van der Waals surface area (Å²) in [5, 5.41) is 3.50. The van der Waals surface area contributed by atoms with E-state index < -0.39 is 0 Å². The van der Waals surface area contributed by atoms with Gasteiger partial charge in [0.05, 0.1) is 7.11 Å². The van der Waals surface area contributed by atoms with Crippen LogP contribution in [0.2, 0.25) is 0 Å². The number of rotatable bonds is 10. The van der Waals surface area contributed by atoms with E-state index >= 15 is 0 Å². The highest BCUT2D eigenvalue weighted by Crippen LogP contribution is 2.36. The smallest absolute Gasteiger partial charge is 0.167 e. The Labute approximate surface area is 165 Å². The van der Waals surface area contributed by atoms with Gasteiger partial charge in [-0.3, -0.25) is 0 Å². The molecule has 2 aromatic carbocycles. The largest absolute Gasteiger partial charge is 0.493 e. The second kappa shape index (κ2) is 10.6. The van der Waals surface area contributed by atoms with Crippen LogP contribution in [0.3, 0.4) is 0 Å². The molecule has 0 saturated heterocycles. The first kappa shape index (κ1) is 20.7. The Hall–Kier alpha value is -1.56. The number of nitrogens with zero attached hydrogens (tertiary/aromatic N) is 1. The first-order valence-electron chi connectivity index (χ1n) is 8.90. The van der Waals surface area contributed by atoms with Crippen LogP contribution in [0.15, 0.2) is 40.9 Å². The van der Waals surface area contributed by atoms with E-state index in [2.05, 4.69) is 71.4 Å². The zero-order valence-electron chi connectivity index (χ0n) is 16.1. The van der Waals surface area contributed by atoms with Crippen LogP contribution >= 0.6 is 15.9 Å². The molecule has 0 spiro atoms. The molecule has 0 fully saturated rings. The fourth-order valence-electron chi connectivity index (χ4n) is 2.76. The summed E-state index contributed by atoms with van der Waals surface area (Å²) in [6, 6.07) is 12.3. The Balaban J connectivity index is 2.08. The molecule has 0 saturated carbocycles. The van der Waals surface area contributed by atoms with Crippen LogP contribution in [0.25, 0.3) is 0 Å². The van der Waals surface area contributed by atoms with Crippen molar-refractivity contribution in [2.75, 3.05) is 34.3 Å². The minimum Gasteiger partial charge on any atom is -0.493 e. The van der Waals surface area contributed by atoms with Crippen molar-refractivity contribution in [1.82, 2.24) is 10.2 Å². The van der Waals surface area contributed by atoms with E-state index in [1.54, 1.807) is 7.11 Å². The lowest BCUT2D eigenvalue weighted by atomic mass is 10.1. The van der Waals surface area contributed by atoms with Gasteiger partial charge in [0.15, 0.2) is 11.5 Å². The monoisotopic (exact) mass is 420 g/mol. The molecule has 0 aromatic heterocycles. The summed E-state index contributed by atoms with van der Waals surface area (Å²) in [5.41, 5.74) is 3.47. The Kier molecular flexibility index (Phi) is 8.42. The Morgan fingerprint density at radius 1 is 1.15 bits per heavy atom. The maximum Gasteiger partial charge on any atom is 0.167 e. The van der Waals surface area contributed by atoms with Gasteiger partial charge in [-0.2, -0.15) is 0 Å². The number of hydrogen-bond acceptors (Lipinski definition) is 4. The number of halogens is 1. The van der Waals surface area contributed by atoms with Crippen LogP contribution in [0.4, 0.5) is 0 Å². The van der Waals surface area contributed by atoms with Crippen molar-refractivity contribution in [2.24, 2.45) is 0 Å². The topological polar surface area (TPSA) is 33.7 Å². The quantitative estimate of drug-likeness (QED) is 0.577. The number of methoxy groups -OCH3 is 1. The summed E-state index contributed by atoms with van der Waals surface area (Å²) in [6.07, 6.45) is 1.11. The molecule has 2 rings (SSSR count). The first-order chi connectivity index (χ1) is 12.5. The minimum atomic E-state index is 0.516. The first-order valence-corrected chi connectivity index (χ1v) is 9.69. The zero-order valence-corrected chi connectivity index (χ0v) is 17.7. The lowest BCUT2D eigenvalue weighted by molar-refractivity contribution is 0.280. The van der Waals surface area contributed by atoms with E-state index in [0.717, 1.165) is 53.2 Å². The van der Waals surface area contributed by atoms with E-state index in [0.29, 0.717) is 6.61 Å². The van der Waals surface area contributed by atoms with Gasteiger partial charge in [0.1, 0.15) is 6.61 Å². The van der Waals surface area contributed by atoms with E-state index in [4.69, 9.17) is 9.47 Å². The molecular weight excluding hydrogens is 392 g/mol. The number of hydrogen-bond donors (Lipinski definition) is 1. The molecule has 0 unspecified atom stereocenters. The highest BCUT2D eigenvalue weighted by Gasteiger charge is 2.14. The van der Waals surface area contributed by atoms with Crippen molar-refractivity contribution in [1.29, 1.82) is 0 Å². The van der Waals surface area contributed by atoms with Gasteiger partial charge in [-0.25, -0.2) is 0 Å². The predicted molar refractivity (Wildman–Crippen MR) is 111 cm³/mol. The van der Waals surface area contributed by atoms with E-state index in [1.807, 2.05) is 12.1 Å². The van der Waals surface area contributed by atoms with Crippen LogP contribution in [0, 0.1) is 6.92 Å². The molecule has 1 N–H and O–H groups in total. The second-order valence-corrected chi connectivity index (χ2v) is 7.52. The van der Waals surface area contributed by atoms with E-state index in [1.165, 1.54) is 5.56 Å². The highest BCUT2D eigenvalue weighted by molar-refractivity contribution is 9.10. The third-order valence-corrected chi connectivity index (χ3v) is 4.86. The van der Waals surface area contributed by atoms with Crippen LogP contribution in [-0.2, 0) is 13.2 Å². The number of ether oxygens (including phenoxy) is 2. The van der Waals surface area contributed by atoms with Crippen LogP contribution in [-0.4, -0.2) is 39.2 Å². The van der Waals surface area contributed by atoms with Crippen molar-refractivity contribution in [2.45, 2.75) is 26.5 Å². The SMILES string of the molecule is COc1ccc(Br)c(CNCCCN(C)C)c1OCc1cccc(C)c1. The van der Waals surface area contributed by atoms with E-state index in [-0.39, 0.29) is 0 Å². The number of benzene rings is 2. The summed E-state index contributed by atoms with van der Waals surface area (Å²) in [5.74, 6) is 1.55. The summed E-state index contributed by atoms with van der Waals surface area (Å²) in [4.78, 5) is 2.19. The molecule has 142 valence electrons. The van der Waals surface area contributed by atoms with Gasteiger partial charge in [0.25, 0.3) is 0 Å². The summed E-state index contributed by atoms with van der Waals surface area (Å²) in [7, 11) is 5.86. The van der Waals surface area contributed by atoms with Gasteiger partial charge in [0.2, 0.25) is 0 Å². The highest BCUT2D eigenvalue weighted by atomic mass is 79.9. The molecule has 0 aliphatic heterocycles. The Bertz CT molecular complexity index is 704. The number of nitrogens with one attached hydrogen (secondary N) is 1. The summed E-state index contributed by atoms with van der Waals surface area (Å²) >= 11 is 3.66. The Morgan fingerprint density at radius 3 is 2.65 bits per heavy atom. The van der Waals surface area contributed by atoms with Gasteiger partial charge in [-0.05, 0) is 58.2 Å². The van der Waals surface area contributed by atoms with Gasteiger partial charge in [0, 0.05) is 16.6 Å². The fraction of sp³-hybridized carbons (Fsp3) is 0.429. The molecule has 0 bridgehead atoms. The number of aryl methyl sites for hydroxylation is 1. The average Bonchev–Trinajstić information content (AvgIpc) is 2.61. The van der Waals surface area contributed by atoms with Crippen LogP contribution in [0.5, 0.6) is 11.5 Å². The third kappa shape index (κ3) is 6.31. The maximum atomic E-state index is 6.17. The van der Waals surface area contributed by atoms with Crippen molar-refractivity contribution >= 4 is 15.9 Å². The third-order valence-electron chi connectivity index (χ3n) is 4.11. The van der Waals surface area contributed by atoms with Crippen LogP contribution in [0.1, 0.15) is 23.1 Å². The molecule has 0 atom stereocenters. The van der Waals surface area contributed by atoms with Crippen molar-refractivity contribution < 1.29 is 9.47 Å². The summed E-state index contributed by atoms with van der Waals surface area (Å²) in [6.45, 7) is 5.37. The van der Waals surface area contributed by atoms with Gasteiger partial charge in [-0.1, -0.05) is 45.8 Å². The lowest BCUT2D eigenvalue weighted by Crippen LogP contribution is -2.21. The fourth-order valence-corrected chi connectivity index (χ4v) is 3.21. The molecule has 4 nitrogen and oxygen atoms in total. The molecule has 0 radical (unpaired) electrons. The van der Waals surface area contributed by atoms with Crippen molar-refractivity contribution in [3.05, 3.63) is 57.6 Å². The predicted octanol–water partition coefficient (Wildman–Crippen LogP) is 4.39. The minimum absolute atomic E-state index is 0.516. The molecule has 5 heteroatoms. The van der Waals surface area contributed by atoms with Crippen LogP contribution < -0.4 is 14.8 Å². The van der Waals surface area contributed by atoms with Crippen molar-refractivity contribution in [3.8, 4) is 11.5 Å².